The van der Waals surface area contributed by atoms with Crippen molar-refractivity contribution < 1.29 is 30.0 Å². The third-order valence-electron chi connectivity index (χ3n) is 3.64. The summed E-state index contributed by atoms with van der Waals surface area (Å²) in [5.74, 6) is -0.914. The van der Waals surface area contributed by atoms with Gasteiger partial charge in [-0.3, -0.25) is 4.79 Å². The van der Waals surface area contributed by atoms with Crippen LogP contribution in [0.5, 0.6) is 23.0 Å². The van der Waals surface area contributed by atoms with Crippen LogP contribution in [0.25, 0.3) is 0 Å². The first-order valence-electron chi connectivity index (χ1n) is 6.63. The zero-order valence-corrected chi connectivity index (χ0v) is 11.5. The van der Waals surface area contributed by atoms with E-state index < -0.39 is 11.4 Å². The topological polar surface area (TPSA) is 107 Å². The van der Waals surface area contributed by atoms with Gasteiger partial charge in [0, 0.05) is 12.5 Å². The summed E-state index contributed by atoms with van der Waals surface area (Å²) in [4.78, 5) is 12.5. The van der Waals surface area contributed by atoms with Crippen molar-refractivity contribution in [1.82, 2.24) is 0 Å². The summed E-state index contributed by atoms with van der Waals surface area (Å²) >= 11 is 0. The Morgan fingerprint density at radius 1 is 1.05 bits per heavy atom. The van der Waals surface area contributed by atoms with Crippen LogP contribution in [0.3, 0.4) is 0 Å². The molecule has 2 aromatic rings. The summed E-state index contributed by atoms with van der Waals surface area (Å²) in [5.41, 5.74) is -1.10. The smallest absolute Gasteiger partial charge is 0.201 e. The van der Waals surface area contributed by atoms with E-state index in [0.29, 0.717) is 5.56 Å². The van der Waals surface area contributed by atoms with Gasteiger partial charge in [0.15, 0.2) is 17.1 Å². The summed E-state index contributed by atoms with van der Waals surface area (Å²) in [5, 5.41) is 38.8. The highest BCUT2D eigenvalue weighted by molar-refractivity contribution is 6.05. The van der Waals surface area contributed by atoms with E-state index in [0.717, 1.165) is 0 Å². The predicted molar refractivity (Wildman–Crippen MR) is 76.4 cm³/mol. The van der Waals surface area contributed by atoms with Crippen molar-refractivity contribution in [2.24, 2.45) is 0 Å². The second kappa shape index (κ2) is 4.92. The fourth-order valence-electron chi connectivity index (χ4n) is 2.48. The number of Topliss-reactive ketones (excluding diaryl/α,β-unsaturated/α-hetero) is 1. The molecule has 1 aliphatic rings. The maximum absolute atomic E-state index is 12.5. The first-order valence-corrected chi connectivity index (χ1v) is 6.63. The van der Waals surface area contributed by atoms with Crippen LogP contribution in [0.4, 0.5) is 0 Å². The number of carbonyl (C=O) groups excluding carboxylic acids is 1. The summed E-state index contributed by atoms with van der Waals surface area (Å²) in [6.07, 6.45) is -0.0695. The van der Waals surface area contributed by atoms with Crippen molar-refractivity contribution in [2.75, 3.05) is 6.61 Å². The Hall–Kier alpha value is -2.73. The lowest BCUT2D eigenvalue weighted by atomic mass is 9.85. The quantitative estimate of drug-likeness (QED) is 0.624. The van der Waals surface area contributed by atoms with Crippen LogP contribution in [0, 0.1) is 0 Å². The number of ether oxygens (including phenoxy) is 1. The van der Waals surface area contributed by atoms with Gasteiger partial charge < -0.3 is 25.2 Å². The molecule has 2 aromatic carbocycles. The molecule has 1 aliphatic heterocycles. The lowest BCUT2D eigenvalue weighted by Crippen LogP contribution is -2.49. The standard InChI is InChI=1S/C16H14O6/c17-10-2-3-11-14(6-10)22-8-16(21,15(11)20)7-9-1-4-12(18)13(19)5-9/h1-6,17-19,21H,7-8H2/t16-/m1/s1. The maximum Gasteiger partial charge on any atom is 0.201 e. The summed E-state index contributed by atoms with van der Waals surface area (Å²) < 4.78 is 5.37. The Bertz CT molecular complexity index is 754. The van der Waals surface area contributed by atoms with Gasteiger partial charge in [0.2, 0.25) is 5.78 Å². The molecule has 3 rings (SSSR count). The van der Waals surface area contributed by atoms with Gasteiger partial charge in [-0.25, -0.2) is 0 Å². The van der Waals surface area contributed by atoms with Crippen LogP contribution in [0.2, 0.25) is 0 Å². The van der Waals surface area contributed by atoms with Crippen molar-refractivity contribution in [3.05, 3.63) is 47.5 Å². The fourth-order valence-corrected chi connectivity index (χ4v) is 2.48. The average molecular weight is 302 g/mol. The molecule has 4 N–H and O–H groups in total. The molecule has 114 valence electrons. The number of carbonyl (C=O) groups is 1. The molecule has 0 aliphatic carbocycles. The number of hydrogen-bond donors (Lipinski definition) is 4. The van der Waals surface area contributed by atoms with Crippen LogP contribution in [-0.4, -0.2) is 38.4 Å². The molecular weight excluding hydrogens is 288 g/mol. The minimum atomic E-state index is -1.77. The molecule has 22 heavy (non-hydrogen) atoms. The van der Waals surface area contributed by atoms with Crippen molar-refractivity contribution in [3.8, 4) is 23.0 Å². The van der Waals surface area contributed by atoms with E-state index in [1.807, 2.05) is 0 Å². The number of benzene rings is 2. The largest absolute Gasteiger partial charge is 0.508 e. The Kier molecular flexibility index (Phi) is 3.18. The Morgan fingerprint density at radius 3 is 2.55 bits per heavy atom. The van der Waals surface area contributed by atoms with Gasteiger partial charge in [-0.2, -0.15) is 0 Å². The highest BCUT2D eigenvalue weighted by atomic mass is 16.5. The van der Waals surface area contributed by atoms with E-state index in [1.54, 1.807) is 0 Å². The van der Waals surface area contributed by atoms with E-state index in [1.165, 1.54) is 36.4 Å². The molecule has 1 atom stereocenters. The van der Waals surface area contributed by atoms with E-state index >= 15 is 0 Å². The Balaban J connectivity index is 1.92. The lowest BCUT2D eigenvalue weighted by Gasteiger charge is -2.32. The molecule has 0 bridgehead atoms. The number of aromatic hydroxyl groups is 3. The van der Waals surface area contributed by atoms with Gasteiger partial charge in [-0.1, -0.05) is 6.07 Å². The molecule has 0 saturated carbocycles. The van der Waals surface area contributed by atoms with Gasteiger partial charge in [0.05, 0.1) is 5.56 Å². The number of ketones is 1. The van der Waals surface area contributed by atoms with Crippen LogP contribution in [0.15, 0.2) is 36.4 Å². The molecule has 0 radical (unpaired) electrons. The van der Waals surface area contributed by atoms with E-state index in [2.05, 4.69) is 0 Å². The third-order valence-corrected chi connectivity index (χ3v) is 3.64. The van der Waals surface area contributed by atoms with Gasteiger partial charge in [-0.05, 0) is 29.8 Å². The first kappa shape index (κ1) is 14.2. The molecule has 0 saturated heterocycles. The molecule has 0 spiro atoms. The van der Waals surface area contributed by atoms with E-state index in [-0.39, 0.29) is 41.6 Å². The van der Waals surface area contributed by atoms with Crippen LogP contribution in [-0.2, 0) is 6.42 Å². The predicted octanol–water partition coefficient (Wildman–Crippen LogP) is 1.35. The number of aliphatic hydroxyl groups is 1. The minimum Gasteiger partial charge on any atom is -0.508 e. The fraction of sp³-hybridized carbons (Fsp3) is 0.188. The highest BCUT2D eigenvalue weighted by Gasteiger charge is 2.42. The average Bonchev–Trinajstić information content (AvgIpc) is 2.47. The summed E-state index contributed by atoms with van der Waals surface area (Å²) in [6.45, 7) is -0.260. The number of hydrogen-bond acceptors (Lipinski definition) is 6. The molecule has 0 fully saturated rings. The van der Waals surface area contributed by atoms with Crippen LogP contribution >= 0.6 is 0 Å². The van der Waals surface area contributed by atoms with Crippen LogP contribution < -0.4 is 4.74 Å². The van der Waals surface area contributed by atoms with Crippen molar-refractivity contribution >= 4 is 5.78 Å². The lowest BCUT2D eigenvalue weighted by molar-refractivity contribution is -0.00201. The Labute approximate surface area is 125 Å². The molecule has 6 nitrogen and oxygen atoms in total. The second-order valence-electron chi connectivity index (χ2n) is 5.33. The number of phenolic OH excluding ortho intramolecular Hbond substituents is 3. The SMILES string of the molecule is O=C1c2ccc(O)cc2OC[C@]1(O)Cc1ccc(O)c(O)c1. The number of fused-ring (bicyclic) bond motifs is 1. The number of phenols is 3. The van der Waals surface area contributed by atoms with E-state index in [4.69, 9.17) is 4.74 Å². The third kappa shape index (κ3) is 2.33. The highest BCUT2D eigenvalue weighted by Crippen LogP contribution is 2.35. The molecule has 6 heteroatoms. The zero-order chi connectivity index (χ0) is 15.9. The number of rotatable bonds is 2. The van der Waals surface area contributed by atoms with Crippen molar-refractivity contribution in [3.63, 3.8) is 0 Å². The van der Waals surface area contributed by atoms with Gasteiger partial charge in [0.25, 0.3) is 0 Å². The monoisotopic (exact) mass is 302 g/mol. The molecule has 0 amide bonds. The van der Waals surface area contributed by atoms with Gasteiger partial charge in [0.1, 0.15) is 18.1 Å². The van der Waals surface area contributed by atoms with Crippen molar-refractivity contribution in [1.29, 1.82) is 0 Å². The first-order chi connectivity index (χ1) is 10.4. The van der Waals surface area contributed by atoms with Crippen LogP contribution in [0.1, 0.15) is 15.9 Å². The Morgan fingerprint density at radius 2 is 1.82 bits per heavy atom. The van der Waals surface area contributed by atoms with E-state index in [9.17, 15) is 25.2 Å². The summed E-state index contributed by atoms with van der Waals surface area (Å²) in [7, 11) is 0. The molecule has 1 heterocycles. The molecule has 0 aromatic heterocycles. The maximum atomic E-state index is 12.5. The molecular formula is C16H14O6. The zero-order valence-electron chi connectivity index (χ0n) is 11.5. The summed E-state index contributed by atoms with van der Waals surface area (Å²) in [6, 6.07) is 8.14. The van der Waals surface area contributed by atoms with Gasteiger partial charge >= 0.3 is 0 Å². The minimum absolute atomic E-state index is 0.0274. The van der Waals surface area contributed by atoms with Crippen molar-refractivity contribution in [2.45, 2.75) is 12.0 Å². The molecule has 0 unspecified atom stereocenters. The second-order valence-corrected chi connectivity index (χ2v) is 5.33. The van der Waals surface area contributed by atoms with Gasteiger partial charge in [-0.15, -0.1) is 0 Å². The normalized spacial score (nSPS) is 20.3.